The Bertz CT molecular complexity index is 1180. The van der Waals surface area contributed by atoms with E-state index >= 15 is 0 Å². The molecular weight excluding hydrogens is 491 g/mol. The van der Waals surface area contributed by atoms with E-state index in [1.165, 1.54) is 9.78 Å². The first-order chi connectivity index (χ1) is 16.5. The molecule has 0 bridgehead atoms. The minimum Gasteiger partial charge on any atom is -0.491 e. The third-order valence-corrected chi connectivity index (χ3v) is 7.15. The van der Waals surface area contributed by atoms with Gasteiger partial charge in [0.15, 0.2) is 0 Å². The molecule has 0 saturated heterocycles. The molecule has 176 valence electrons. The van der Waals surface area contributed by atoms with E-state index in [1.807, 2.05) is 16.3 Å². The van der Waals surface area contributed by atoms with Crippen molar-refractivity contribution in [3.63, 3.8) is 0 Å². The fraction of sp³-hybridized carbons (Fsp3) is 0.231. The van der Waals surface area contributed by atoms with Gasteiger partial charge in [0.05, 0.1) is 6.04 Å². The number of carbonyl (C=O) groups is 2. The van der Waals surface area contributed by atoms with Gasteiger partial charge in [0.2, 0.25) is 5.91 Å². The summed E-state index contributed by atoms with van der Waals surface area (Å²) in [5.41, 5.74) is 1.53. The van der Waals surface area contributed by atoms with Crippen LogP contribution in [0, 0.1) is 0 Å². The highest BCUT2D eigenvalue weighted by molar-refractivity contribution is 7.10. The summed E-state index contributed by atoms with van der Waals surface area (Å²) in [6.45, 7) is 4.81. The highest BCUT2D eigenvalue weighted by Gasteiger charge is 2.33. The number of halogens is 2. The zero-order chi connectivity index (χ0) is 24.1. The monoisotopic (exact) mass is 514 g/mol. The maximum absolute atomic E-state index is 13.5. The fourth-order valence-corrected chi connectivity index (χ4v) is 5.26. The van der Waals surface area contributed by atoms with E-state index in [1.54, 1.807) is 65.9 Å². The summed E-state index contributed by atoms with van der Waals surface area (Å²) in [6.07, 6.45) is 2.39. The van der Waals surface area contributed by atoms with Gasteiger partial charge in [-0.15, -0.1) is 17.9 Å². The molecule has 0 unspecified atom stereocenters. The summed E-state index contributed by atoms with van der Waals surface area (Å²) in [6, 6.07) is 15.7. The first kappa shape index (κ1) is 24.3. The van der Waals surface area contributed by atoms with Crippen LogP contribution < -0.4 is 4.74 Å². The number of carbonyl (C=O) groups excluding carboxylic acids is 2. The Morgan fingerprint density at radius 1 is 1.15 bits per heavy atom. The molecule has 0 N–H and O–H groups in total. The zero-order valence-corrected chi connectivity index (χ0v) is 20.8. The molecule has 1 aliphatic rings. The number of ether oxygens (including phenoxy) is 1. The Morgan fingerprint density at radius 3 is 2.68 bits per heavy atom. The van der Waals surface area contributed by atoms with Gasteiger partial charge in [0, 0.05) is 33.6 Å². The third-order valence-electron chi connectivity index (χ3n) is 5.67. The molecule has 2 amide bonds. The lowest BCUT2D eigenvalue weighted by Crippen LogP contribution is -2.47. The molecule has 0 radical (unpaired) electrons. The third kappa shape index (κ3) is 5.63. The smallest absolute Gasteiger partial charge is 0.254 e. The number of rotatable bonds is 8. The van der Waals surface area contributed by atoms with Crippen LogP contribution in [0.25, 0.3) is 0 Å². The Labute approximate surface area is 213 Å². The number of nitrogens with zero attached hydrogens (tertiary/aromatic N) is 2. The molecule has 34 heavy (non-hydrogen) atoms. The van der Waals surface area contributed by atoms with Crippen molar-refractivity contribution < 1.29 is 14.3 Å². The Kier molecular flexibility index (Phi) is 7.93. The molecule has 1 aliphatic heterocycles. The van der Waals surface area contributed by atoms with Crippen LogP contribution in [0.5, 0.6) is 5.75 Å². The fourth-order valence-electron chi connectivity index (χ4n) is 4.01. The highest BCUT2D eigenvalue weighted by Crippen LogP contribution is 2.34. The number of thiophene rings is 1. The molecule has 0 aliphatic carbocycles. The average Bonchev–Trinajstić information content (AvgIpc) is 3.32. The SMILES string of the molecule is C=CCN(CC(=O)N1CCc2sccc2[C@@H]1COc1ccc(Cl)cc1)C(=O)c1cccc(Cl)c1. The highest BCUT2D eigenvalue weighted by atomic mass is 35.5. The predicted octanol–water partition coefficient (Wildman–Crippen LogP) is 5.89. The lowest BCUT2D eigenvalue weighted by Gasteiger charge is -2.37. The van der Waals surface area contributed by atoms with Gasteiger partial charge in [0.1, 0.15) is 18.9 Å². The van der Waals surface area contributed by atoms with Crippen LogP contribution in [-0.4, -0.2) is 47.9 Å². The summed E-state index contributed by atoms with van der Waals surface area (Å²) in [5, 5.41) is 3.14. The van der Waals surface area contributed by atoms with Crippen LogP contribution >= 0.6 is 34.5 Å². The van der Waals surface area contributed by atoms with Gasteiger partial charge in [-0.05, 0) is 65.9 Å². The van der Waals surface area contributed by atoms with Gasteiger partial charge in [-0.3, -0.25) is 9.59 Å². The van der Waals surface area contributed by atoms with Crippen molar-refractivity contribution in [2.75, 3.05) is 26.2 Å². The first-order valence-corrected chi connectivity index (χ1v) is 12.5. The number of hydrogen-bond acceptors (Lipinski definition) is 4. The molecule has 2 heterocycles. The number of hydrogen-bond donors (Lipinski definition) is 0. The quantitative estimate of drug-likeness (QED) is 0.352. The maximum atomic E-state index is 13.5. The van der Waals surface area contributed by atoms with Crippen molar-refractivity contribution in [1.29, 1.82) is 0 Å². The minimum absolute atomic E-state index is 0.0612. The van der Waals surface area contributed by atoms with Crippen molar-refractivity contribution in [3.05, 3.63) is 98.7 Å². The Morgan fingerprint density at radius 2 is 1.94 bits per heavy atom. The lowest BCUT2D eigenvalue weighted by atomic mass is 10.0. The molecule has 0 fully saturated rings. The molecule has 1 atom stereocenters. The van der Waals surface area contributed by atoms with Crippen LogP contribution in [0.1, 0.15) is 26.8 Å². The molecule has 0 saturated carbocycles. The number of benzene rings is 2. The first-order valence-electron chi connectivity index (χ1n) is 10.9. The average molecular weight is 515 g/mol. The van der Waals surface area contributed by atoms with Crippen LogP contribution in [0.2, 0.25) is 10.0 Å². The molecule has 4 rings (SSSR count). The number of amides is 2. The second-order valence-electron chi connectivity index (χ2n) is 7.90. The van der Waals surface area contributed by atoms with Gasteiger partial charge in [0.25, 0.3) is 5.91 Å². The largest absolute Gasteiger partial charge is 0.491 e. The summed E-state index contributed by atoms with van der Waals surface area (Å²) in [5.74, 6) is 0.278. The normalized spacial score (nSPS) is 14.9. The van der Waals surface area contributed by atoms with Crippen LogP contribution in [0.15, 0.2) is 72.6 Å². The van der Waals surface area contributed by atoms with E-state index in [2.05, 4.69) is 6.58 Å². The van der Waals surface area contributed by atoms with Crippen molar-refractivity contribution in [1.82, 2.24) is 9.80 Å². The summed E-state index contributed by atoms with van der Waals surface area (Å²) >= 11 is 13.7. The molecule has 8 heteroatoms. The standard InChI is InChI=1S/C26H24Cl2N2O3S/c1-2-12-29(26(32)18-4-3-5-20(28)15-18)16-25(31)30-13-10-24-22(11-14-34-24)23(30)17-33-21-8-6-19(27)7-9-21/h2-9,11,14-15,23H,1,10,12-13,16-17H2/t23-/m0/s1. The molecule has 3 aromatic rings. The van der Waals surface area contributed by atoms with E-state index in [-0.39, 0.29) is 30.9 Å². The lowest BCUT2D eigenvalue weighted by molar-refractivity contribution is -0.135. The van der Waals surface area contributed by atoms with E-state index in [0.717, 1.165) is 12.0 Å². The van der Waals surface area contributed by atoms with Crippen LogP contribution in [-0.2, 0) is 11.2 Å². The Balaban J connectivity index is 1.52. The van der Waals surface area contributed by atoms with Crippen molar-refractivity contribution >= 4 is 46.4 Å². The van der Waals surface area contributed by atoms with E-state index < -0.39 is 0 Å². The van der Waals surface area contributed by atoms with Crippen LogP contribution in [0.3, 0.4) is 0 Å². The van der Waals surface area contributed by atoms with Crippen molar-refractivity contribution in [2.45, 2.75) is 12.5 Å². The van der Waals surface area contributed by atoms with E-state index in [0.29, 0.717) is 34.5 Å². The van der Waals surface area contributed by atoms with Gasteiger partial charge in [-0.2, -0.15) is 0 Å². The molecule has 0 spiro atoms. The van der Waals surface area contributed by atoms with Gasteiger partial charge >= 0.3 is 0 Å². The Hall–Kier alpha value is -2.80. The number of fused-ring (bicyclic) bond motifs is 1. The van der Waals surface area contributed by atoms with Gasteiger partial charge < -0.3 is 14.5 Å². The summed E-state index contributed by atoms with van der Waals surface area (Å²) < 4.78 is 6.03. The molecule has 1 aromatic heterocycles. The predicted molar refractivity (Wildman–Crippen MR) is 137 cm³/mol. The summed E-state index contributed by atoms with van der Waals surface area (Å²) in [7, 11) is 0. The molecule has 5 nitrogen and oxygen atoms in total. The summed E-state index contributed by atoms with van der Waals surface area (Å²) in [4.78, 5) is 31.1. The topological polar surface area (TPSA) is 49.9 Å². The minimum atomic E-state index is -0.266. The molecule has 2 aromatic carbocycles. The van der Waals surface area contributed by atoms with Gasteiger partial charge in [-0.25, -0.2) is 0 Å². The molecular formula is C26H24Cl2N2O3S. The zero-order valence-electron chi connectivity index (χ0n) is 18.5. The van der Waals surface area contributed by atoms with E-state index in [4.69, 9.17) is 27.9 Å². The second kappa shape index (κ2) is 11.1. The van der Waals surface area contributed by atoms with Crippen LogP contribution in [0.4, 0.5) is 0 Å². The maximum Gasteiger partial charge on any atom is 0.254 e. The van der Waals surface area contributed by atoms with E-state index in [9.17, 15) is 9.59 Å². The van der Waals surface area contributed by atoms with Gasteiger partial charge in [-0.1, -0.05) is 35.3 Å². The van der Waals surface area contributed by atoms with Crippen molar-refractivity contribution in [2.24, 2.45) is 0 Å². The second-order valence-corrected chi connectivity index (χ2v) is 9.78. The van der Waals surface area contributed by atoms with Crippen molar-refractivity contribution in [3.8, 4) is 5.75 Å².